The maximum atomic E-state index is 10.6. The highest BCUT2D eigenvalue weighted by atomic mass is 35.5. The summed E-state index contributed by atoms with van der Waals surface area (Å²) in [5, 5.41) is 11.5. The highest BCUT2D eigenvalue weighted by Crippen LogP contribution is 2.10. The first-order valence-corrected chi connectivity index (χ1v) is 4.53. The zero-order chi connectivity index (χ0) is 10.6. The van der Waals surface area contributed by atoms with E-state index in [1.54, 1.807) is 0 Å². The van der Waals surface area contributed by atoms with Crippen molar-refractivity contribution in [2.75, 3.05) is 11.9 Å². The van der Waals surface area contributed by atoms with Crippen LogP contribution in [-0.4, -0.2) is 27.6 Å². The number of aromatic carboxylic acids is 1. The molecule has 0 amide bonds. The van der Waals surface area contributed by atoms with E-state index in [1.807, 2.05) is 6.92 Å². The van der Waals surface area contributed by atoms with Gasteiger partial charge in [0.15, 0.2) is 5.69 Å². The number of anilines is 1. The van der Waals surface area contributed by atoms with Crippen LogP contribution in [0.4, 0.5) is 5.82 Å². The minimum Gasteiger partial charge on any atom is -0.477 e. The van der Waals surface area contributed by atoms with Crippen molar-refractivity contribution in [1.29, 1.82) is 0 Å². The van der Waals surface area contributed by atoms with E-state index in [2.05, 4.69) is 15.3 Å². The average Bonchev–Trinajstić information content (AvgIpc) is 2.14. The van der Waals surface area contributed by atoms with Crippen molar-refractivity contribution >= 4 is 23.4 Å². The number of rotatable bonds is 4. The predicted octanol–water partition coefficient (Wildman–Crippen LogP) is 1.65. The lowest BCUT2D eigenvalue weighted by Gasteiger charge is -2.04. The lowest BCUT2D eigenvalue weighted by atomic mass is 10.4. The number of nitrogens with one attached hydrogen (secondary N) is 1. The van der Waals surface area contributed by atoms with Crippen LogP contribution >= 0.6 is 11.6 Å². The maximum Gasteiger partial charge on any atom is 0.354 e. The van der Waals surface area contributed by atoms with Crippen LogP contribution in [-0.2, 0) is 0 Å². The fourth-order valence-electron chi connectivity index (χ4n) is 0.871. The Morgan fingerprint density at radius 2 is 2.36 bits per heavy atom. The van der Waals surface area contributed by atoms with Crippen LogP contribution in [0.1, 0.15) is 23.8 Å². The minimum atomic E-state index is -1.12. The van der Waals surface area contributed by atoms with Gasteiger partial charge in [-0.25, -0.2) is 14.8 Å². The summed E-state index contributed by atoms with van der Waals surface area (Å²) in [6.45, 7) is 2.71. The first-order chi connectivity index (χ1) is 6.63. The normalized spacial score (nSPS) is 9.86. The topological polar surface area (TPSA) is 75.1 Å². The van der Waals surface area contributed by atoms with Crippen LogP contribution in [0, 0.1) is 0 Å². The summed E-state index contributed by atoms with van der Waals surface area (Å²) in [4.78, 5) is 18.0. The van der Waals surface area contributed by atoms with Gasteiger partial charge in [-0.15, -0.1) is 0 Å². The van der Waals surface area contributed by atoms with Gasteiger partial charge in [-0.1, -0.05) is 6.92 Å². The average molecular weight is 216 g/mol. The molecule has 1 aromatic heterocycles. The molecule has 0 fully saturated rings. The van der Waals surface area contributed by atoms with Crippen LogP contribution in [0.15, 0.2) is 6.07 Å². The molecule has 0 saturated heterocycles. The molecule has 1 aromatic rings. The third kappa shape index (κ3) is 2.85. The molecule has 0 bridgehead atoms. The van der Waals surface area contributed by atoms with Crippen molar-refractivity contribution in [2.45, 2.75) is 13.3 Å². The van der Waals surface area contributed by atoms with Gasteiger partial charge in [0.25, 0.3) is 0 Å². The third-order valence-electron chi connectivity index (χ3n) is 1.47. The fourth-order valence-corrected chi connectivity index (χ4v) is 1.05. The Kier molecular flexibility index (Phi) is 3.64. The van der Waals surface area contributed by atoms with Gasteiger partial charge < -0.3 is 10.4 Å². The predicted molar refractivity (Wildman–Crippen MR) is 52.8 cm³/mol. The summed E-state index contributed by atoms with van der Waals surface area (Å²) in [5.74, 6) is -0.682. The Balaban J connectivity index is 2.89. The molecule has 14 heavy (non-hydrogen) atoms. The van der Waals surface area contributed by atoms with Gasteiger partial charge in [-0.2, -0.15) is 0 Å². The summed E-state index contributed by atoms with van der Waals surface area (Å²) in [7, 11) is 0. The molecule has 0 radical (unpaired) electrons. The van der Waals surface area contributed by atoms with Crippen molar-refractivity contribution in [2.24, 2.45) is 0 Å². The lowest BCUT2D eigenvalue weighted by Crippen LogP contribution is -2.07. The van der Waals surface area contributed by atoms with Crippen molar-refractivity contribution in [1.82, 2.24) is 9.97 Å². The molecule has 0 atom stereocenters. The summed E-state index contributed by atoms with van der Waals surface area (Å²) in [6.07, 6.45) is 0.921. The number of aromatic nitrogens is 2. The fraction of sp³-hybridized carbons (Fsp3) is 0.375. The second kappa shape index (κ2) is 4.76. The molecular weight excluding hydrogens is 206 g/mol. The van der Waals surface area contributed by atoms with Gasteiger partial charge in [0.1, 0.15) is 5.82 Å². The molecule has 1 rings (SSSR count). The molecule has 0 aliphatic carbocycles. The van der Waals surface area contributed by atoms with Gasteiger partial charge in [0.05, 0.1) is 0 Å². The highest BCUT2D eigenvalue weighted by molar-refractivity contribution is 6.28. The first kappa shape index (κ1) is 10.7. The summed E-state index contributed by atoms with van der Waals surface area (Å²) < 4.78 is 0. The standard InChI is InChI=1S/C8H10ClN3O2/c1-2-3-10-6-4-5(7(13)14)11-8(9)12-6/h4H,2-3H2,1H3,(H,13,14)(H,10,11,12). The monoisotopic (exact) mass is 215 g/mol. The van der Waals surface area contributed by atoms with Crippen molar-refractivity contribution < 1.29 is 9.90 Å². The third-order valence-corrected chi connectivity index (χ3v) is 1.64. The Morgan fingerprint density at radius 3 is 2.93 bits per heavy atom. The van der Waals surface area contributed by atoms with E-state index in [1.165, 1.54) is 6.07 Å². The van der Waals surface area contributed by atoms with Crippen LogP contribution in [0.25, 0.3) is 0 Å². The number of nitrogens with zero attached hydrogens (tertiary/aromatic N) is 2. The van der Waals surface area contributed by atoms with E-state index in [0.717, 1.165) is 6.42 Å². The highest BCUT2D eigenvalue weighted by Gasteiger charge is 2.08. The largest absolute Gasteiger partial charge is 0.477 e. The zero-order valence-corrected chi connectivity index (χ0v) is 8.38. The minimum absolute atomic E-state index is 0.0662. The van der Waals surface area contributed by atoms with Gasteiger partial charge in [-0.05, 0) is 18.0 Å². The Hall–Kier alpha value is -1.36. The van der Waals surface area contributed by atoms with E-state index < -0.39 is 5.97 Å². The van der Waals surface area contributed by atoms with Crippen LogP contribution in [0.2, 0.25) is 5.28 Å². The Labute approximate surface area is 86.1 Å². The molecule has 5 nitrogen and oxygen atoms in total. The smallest absolute Gasteiger partial charge is 0.354 e. The number of carbonyl (C=O) groups is 1. The molecule has 0 aliphatic heterocycles. The zero-order valence-electron chi connectivity index (χ0n) is 7.62. The summed E-state index contributed by atoms with van der Waals surface area (Å²) >= 11 is 5.55. The van der Waals surface area contributed by atoms with Gasteiger partial charge >= 0.3 is 5.97 Å². The molecule has 0 spiro atoms. The first-order valence-electron chi connectivity index (χ1n) is 4.15. The quantitative estimate of drug-likeness (QED) is 0.747. The number of hydrogen-bond acceptors (Lipinski definition) is 4. The molecule has 0 aromatic carbocycles. The SMILES string of the molecule is CCCNc1cc(C(=O)O)nc(Cl)n1. The van der Waals surface area contributed by atoms with Gasteiger partial charge in [0, 0.05) is 12.6 Å². The van der Waals surface area contributed by atoms with Gasteiger partial charge in [0.2, 0.25) is 5.28 Å². The van der Waals surface area contributed by atoms with Crippen molar-refractivity contribution in [3.05, 3.63) is 17.0 Å². The molecule has 6 heteroatoms. The van der Waals surface area contributed by atoms with Crippen molar-refractivity contribution in [3.8, 4) is 0 Å². The molecular formula is C8H10ClN3O2. The van der Waals surface area contributed by atoms with Crippen LogP contribution < -0.4 is 5.32 Å². The Morgan fingerprint density at radius 1 is 1.64 bits per heavy atom. The molecule has 1 heterocycles. The summed E-state index contributed by atoms with van der Waals surface area (Å²) in [6, 6.07) is 1.35. The molecule has 2 N–H and O–H groups in total. The molecule has 0 aliphatic rings. The maximum absolute atomic E-state index is 10.6. The second-order valence-electron chi connectivity index (χ2n) is 2.64. The van der Waals surface area contributed by atoms with E-state index in [-0.39, 0.29) is 11.0 Å². The summed E-state index contributed by atoms with van der Waals surface area (Å²) in [5.41, 5.74) is -0.108. The number of carboxylic acid groups (broad SMARTS) is 1. The molecule has 0 saturated carbocycles. The number of carboxylic acids is 1. The van der Waals surface area contributed by atoms with E-state index in [9.17, 15) is 4.79 Å². The Bertz CT molecular complexity index is 343. The van der Waals surface area contributed by atoms with Gasteiger partial charge in [-0.3, -0.25) is 0 Å². The number of halogens is 1. The van der Waals surface area contributed by atoms with E-state index in [4.69, 9.17) is 16.7 Å². The van der Waals surface area contributed by atoms with E-state index >= 15 is 0 Å². The molecule has 0 unspecified atom stereocenters. The number of hydrogen-bond donors (Lipinski definition) is 2. The lowest BCUT2D eigenvalue weighted by molar-refractivity contribution is 0.0690. The van der Waals surface area contributed by atoms with E-state index in [0.29, 0.717) is 12.4 Å². The van der Waals surface area contributed by atoms with Crippen molar-refractivity contribution in [3.63, 3.8) is 0 Å². The second-order valence-corrected chi connectivity index (χ2v) is 2.98. The molecule has 76 valence electrons. The van der Waals surface area contributed by atoms with Crippen LogP contribution in [0.5, 0.6) is 0 Å². The van der Waals surface area contributed by atoms with Crippen LogP contribution in [0.3, 0.4) is 0 Å².